The monoisotopic (exact) mass is 505 g/mol. The molecule has 1 aliphatic heterocycles. The van der Waals surface area contributed by atoms with Crippen molar-refractivity contribution in [2.24, 2.45) is 13.0 Å². The van der Waals surface area contributed by atoms with Crippen molar-refractivity contribution in [3.05, 3.63) is 39.9 Å². The molecule has 0 spiro atoms. The maximum Gasteiger partial charge on any atom is 0.278 e. The van der Waals surface area contributed by atoms with Crippen molar-refractivity contribution >= 4 is 22.8 Å². The lowest BCUT2D eigenvalue weighted by Gasteiger charge is -2.31. The zero-order valence-electron chi connectivity index (χ0n) is 22.0. The molecule has 0 unspecified atom stereocenters. The summed E-state index contributed by atoms with van der Waals surface area (Å²) in [5.41, 5.74) is 3.44. The summed E-state index contributed by atoms with van der Waals surface area (Å²) >= 11 is 0. The van der Waals surface area contributed by atoms with Crippen LogP contribution in [0.3, 0.4) is 0 Å². The van der Waals surface area contributed by atoms with Gasteiger partial charge in [0.25, 0.3) is 5.56 Å². The van der Waals surface area contributed by atoms with Crippen LogP contribution in [-0.2, 0) is 18.3 Å². The van der Waals surface area contributed by atoms with Gasteiger partial charge in [0.2, 0.25) is 5.95 Å². The lowest BCUT2D eigenvalue weighted by Crippen LogP contribution is -2.37. The fourth-order valence-corrected chi connectivity index (χ4v) is 6.47. The molecule has 3 aliphatic rings. The molecule has 3 aromatic heterocycles. The molecular weight excluding hydrogens is 466 g/mol. The van der Waals surface area contributed by atoms with Gasteiger partial charge in [-0.2, -0.15) is 5.10 Å². The lowest BCUT2D eigenvalue weighted by molar-refractivity contribution is 0.122. The van der Waals surface area contributed by atoms with Crippen molar-refractivity contribution in [2.45, 2.75) is 70.3 Å². The Labute approximate surface area is 218 Å². The molecule has 1 saturated heterocycles. The van der Waals surface area contributed by atoms with E-state index in [9.17, 15) is 4.79 Å². The first-order chi connectivity index (χ1) is 18.2. The average Bonchev–Trinajstić information content (AvgIpc) is 3.58. The topological polar surface area (TPSA) is 92.2 Å². The molecule has 9 nitrogen and oxygen atoms in total. The predicted octanol–water partition coefficient (Wildman–Crippen LogP) is 4.13. The number of aromatic amines is 1. The van der Waals surface area contributed by atoms with Crippen LogP contribution in [0.15, 0.2) is 23.1 Å². The predicted molar refractivity (Wildman–Crippen MR) is 145 cm³/mol. The summed E-state index contributed by atoms with van der Waals surface area (Å²) in [4.78, 5) is 30.8. The van der Waals surface area contributed by atoms with Gasteiger partial charge in [-0.1, -0.05) is 32.1 Å². The second-order valence-corrected chi connectivity index (χ2v) is 11.1. The summed E-state index contributed by atoms with van der Waals surface area (Å²) in [6.07, 6.45) is 13.0. The van der Waals surface area contributed by atoms with Gasteiger partial charge >= 0.3 is 0 Å². The highest BCUT2D eigenvalue weighted by atomic mass is 16.5. The summed E-state index contributed by atoms with van der Waals surface area (Å²) in [5, 5.41) is 4.79. The quantitative estimate of drug-likeness (QED) is 0.516. The standard InChI is InChI=1S/C28H39N7O2/c1-33-26-25(24(32-33)22-9-5-6-10-22)30-28(31-27(26)36)35(18-20-7-3-2-4-8-20)19-21-11-12-29-23(17-21)34-13-15-37-16-14-34/h11-12,17,20,22H,2-10,13-16,18-19H2,1H3,(H,30,31,36). The number of hydrogen-bond acceptors (Lipinski definition) is 7. The first kappa shape index (κ1) is 24.4. The second-order valence-electron chi connectivity index (χ2n) is 11.1. The second kappa shape index (κ2) is 10.8. The average molecular weight is 506 g/mol. The minimum Gasteiger partial charge on any atom is -0.378 e. The number of aromatic nitrogens is 5. The minimum atomic E-state index is -0.100. The number of fused-ring (bicyclic) bond motifs is 1. The van der Waals surface area contributed by atoms with E-state index in [1.54, 1.807) is 4.68 Å². The Kier molecular flexibility index (Phi) is 7.13. The molecule has 3 fully saturated rings. The number of nitrogens with one attached hydrogen (secondary N) is 1. The highest BCUT2D eigenvalue weighted by Gasteiger charge is 2.27. The van der Waals surface area contributed by atoms with E-state index in [0.717, 1.165) is 62.7 Å². The van der Waals surface area contributed by atoms with Crippen LogP contribution in [0.4, 0.5) is 11.8 Å². The lowest BCUT2D eigenvalue weighted by atomic mass is 9.89. The van der Waals surface area contributed by atoms with Crippen molar-refractivity contribution < 1.29 is 4.74 Å². The smallest absolute Gasteiger partial charge is 0.278 e. The number of anilines is 2. The van der Waals surface area contributed by atoms with Gasteiger partial charge in [-0.25, -0.2) is 9.97 Å². The normalized spacial score (nSPS) is 19.6. The van der Waals surface area contributed by atoms with Gasteiger partial charge in [0.1, 0.15) is 11.3 Å². The van der Waals surface area contributed by atoms with E-state index in [-0.39, 0.29) is 5.56 Å². The number of H-pyrrole nitrogens is 1. The number of ether oxygens (including phenoxy) is 1. The van der Waals surface area contributed by atoms with Gasteiger partial charge in [-0.3, -0.25) is 14.5 Å². The van der Waals surface area contributed by atoms with Gasteiger partial charge in [0.05, 0.1) is 18.9 Å². The van der Waals surface area contributed by atoms with Crippen molar-refractivity contribution in [3.63, 3.8) is 0 Å². The Hall–Kier alpha value is -2.94. The molecule has 0 atom stereocenters. The van der Waals surface area contributed by atoms with Gasteiger partial charge in [0, 0.05) is 45.3 Å². The highest BCUT2D eigenvalue weighted by Crippen LogP contribution is 2.36. The molecule has 198 valence electrons. The molecular formula is C28H39N7O2. The third-order valence-electron chi connectivity index (χ3n) is 8.47. The van der Waals surface area contributed by atoms with Gasteiger partial charge in [-0.15, -0.1) is 0 Å². The Morgan fingerprint density at radius 3 is 2.62 bits per heavy atom. The highest BCUT2D eigenvalue weighted by molar-refractivity contribution is 5.78. The fraction of sp³-hybridized carbons (Fsp3) is 0.643. The molecule has 0 bridgehead atoms. The van der Waals surface area contributed by atoms with E-state index < -0.39 is 0 Å². The van der Waals surface area contributed by atoms with E-state index in [0.29, 0.717) is 29.8 Å². The van der Waals surface area contributed by atoms with Crippen LogP contribution in [-0.4, -0.2) is 57.6 Å². The van der Waals surface area contributed by atoms with E-state index in [2.05, 4.69) is 31.9 Å². The molecule has 1 N–H and O–H groups in total. The molecule has 3 aromatic rings. The van der Waals surface area contributed by atoms with Crippen LogP contribution in [0.25, 0.3) is 11.0 Å². The zero-order valence-corrected chi connectivity index (χ0v) is 22.0. The third kappa shape index (κ3) is 5.23. The maximum absolute atomic E-state index is 13.3. The Bertz CT molecular complexity index is 1270. The molecule has 0 amide bonds. The number of pyridine rings is 1. The van der Waals surface area contributed by atoms with E-state index in [1.807, 2.05) is 13.2 Å². The van der Waals surface area contributed by atoms with Crippen LogP contribution >= 0.6 is 0 Å². The molecule has 9 heteroatoms. The van der Waals surface area contributed by atoms with Crippen molar-refractivity contribution in [3.8, 4) is 0 Å². The van der Waals surface area contributed by atoms with Gasteiger partial charge in [-0.05, 0) is 49.3 Å². The van der Waals surface area contributed by atoms with Crippen LogP contribution in [0.5, 0.6) is 0 Å². The van der Waals surface area contributed by atoms with Crippen LogP contribution in [0.1, 0.15) is 75.0 Å². The molecule has 2 saturated carbocycles. The van der Waals surface area contributed by atoms with Gasteiger partial charge in [0.15, 0.2) is 5.52 Å². The number of aryl methyl sites for hydroxylation is 1. The molecule has 6 rings (SSSR count). The molecule has 4 heterocycles. The zero-order chi connectivity index (χ0) is 25.2. The first-order valence-corrected chi connectivity index (χ1v) is 14.1. The molecule has 0 aromatic carbocycles. The van der Waals surface area contributed by atoms with E-state index in [1.165, 1.54) is 50.5 Å². The fourth-order valence-electron chi connectivity index (χ4n) is 6.47. The van der Waals surface area contributed by atoms with E-state index >= 15 is 0 Å². The van der Waals surface area contributed by atoms with Crippen molar-refractivity contribution in [2.75, 3.05) is 42.6 Å². The summed E-state index contributed by atoms with van der Waals surface area (Å²) in [6.45, 7) is 4.77. The Morgan fingerprint density at radius 2 is 1.84 bits per heavy atom. The summed E-state index contributed by atoms with van der Waals surface area (Å²) < 4.78 is 7.25. The number of hydrogen-bond donors (Lipinski definition) is 1. The van der Waals surface area contributed by atoms with Gasteiger partial charge < -0.3 is 14.5 Å². The largest absolute Gasteiger partial charge is 0.378 e. The summed E-state index contributed by atoms with van der Waals surface area (Å²) in [5.74, 6) is 2.67. The van der Waals surface area contributed by atoms with Crippen molar-refractivity contribution in [1.29, 1.82) is 0 Å². The van der Waals surface area contributed by atoms with Crippen LogP contribution < -0.4 is 15.4 Å². The molecule has 0 radical (unpaired) electrons. The van der Waals surface area contributed by atoms with Crippen molar-refractivity contribution in [1.82, 2.24) is 24.7 Å². The number of rotatable bonds is 7. The molecule has 2 aliphatic carbocycles. The first-order valence-electron chi connectivity index (χ1n) is 14.1. The van der Waals surface area contributed by atoms with Crippen LogP contribution in [0.2, 0.25) is 0 Å². The van der Waals surface area contributed by atoms with E-state index in [4.69, 9.17) is 14.8 Å². The minimum absolute atomic E-state index is 0.100. The van der Waals surface area contributed by atoms with Crippen LogP contribution in [0, 0.1) is 5.92 Å². The maximum atomic E-state index is 13.3. The number of morpholine rings is 1. The Morgan fingerprint density at radius 1 is 1.08 bits per heavy atom. The Balaban J connectivity index is 1.35. The summed E-state index contributed by atoms with van der Waals surface area (Å²) in [7, 11) is 1.86. The SMILES string of the molecule is Cn1nc(C2CCCC2)c2nc(N(Cc3ccnc(N4CCOCC4)c3)CC3CCCCC3)[nH]c(=O)c21. The number of nitrogens with zero attached hydrogens (tertiary/aromatic N) is 6. The third-order valence-corrected chi connectivity index (χ3v) is 8.47. The molecule has 37 heavy (non-hydrogen) atoms. The summed E-state index contributed by atoms with van der Waals surface area (Å²) in [6, 6.07) is 4.27.